The first-order chi connectivity index (χ1) is 35.0. The molecule has 0 N–H and O–H groups in total. The summed E-state index contributed by atoms with van der Waals surface area (Å²) in [7, 11) is 0. The summed E-state index contributed by atoms with van der Waals surface area (Å²) in [5, 5.41) is 1.44. The van der Waals surface area contributed by atoms with Crippen molar-refractivity contribution in [3.8, 4) is 11.1 Å². The highest BCUT2D eigenvalue weighted by Crippen LogP contribution is 2.60. The van der Waals surface area contributed by atoms with Gasteiger partial charge in [0.25, 0.3) is 6.71 Å². The van der Waals surface area contributed by atoms with Crippen molar-refractivity contribution in [1.82, 2.24) is 0 Å². The van der Waals surface area contributed by atoms with Gasteiger partial charge in [-0.05, 0) is 217 Å². The second kappa shape index (κ2) is 15.6. The summed E-state index contributed by atoms with van der Waals surface area (Å²) in [6, 6.07) is 40.7. The van der Waals surface area contributed by atoms with Gasteiger partial charge in [-0.15, -0.1) is 11.3 Å². The number of nitrogens with zero attached hydrogens (tertiary/aromatic N) is 2. The van der Waals surface area contributed by atoms with Crippen molar-refractivity contribution in [3.05, 3.63) is 147 Å². The van der Waals surface area contributed by atoms with Crippen LogP contribution in [0.4, 0.5) is 34.1 Å². The van der Waals surface area contributed by atoms with E-state index in [-0.39, 0.29) is 50.0 Å². The molecule has 2 aliphatic heterocycles. The topological polar surface area (TPSA) is 6.48 Å². The normalized spacial score (nSPS) is 23.3. The van der Waals surface area contributed by atoms with Gasteiger partial charge in [0, 0.05) is 43.2 Å². The SMILES string of the molecule is Cc1cc2c3c(c1)N(c1ccc4c(c1)C(C)(C)CCC4(C)C)c1c(sc4cc5c(cc14)C1(C)CCC5(C)CC1)B3c1cc(C(C)(C)C)ccc1N2c1ccc2c(c1-c1ccc(C(C)(C)C)cc1)C(C)(C)CCC2(C)C. The van der Waals surface area contributed by atoms with Crippen molar-refractivity contribution >= 4 is 78.0 Å². The Bertz CT molecular complexity index is 3570. The lowest BCUT2D eigenvalue weighted by atomic mass is 9.36. The molecule has 0 spiro atoms. The highest BCUT2D eigenvalue weighted by Gasteiger charge is 2.51. The van der Waals surface area contributed by atoms with Crippen LogP contribution < -0.4 is 25.5 Å². The van der Waals surface area contributed by atoms with E-state index in [9.17, 15) is 0 Å². The maximum atomic E-state index is 2.79. The van der Waals surface area contributed by atoms with Crippen molar-refractivity contribution in [1.29, 1.82) is 0 Å². The fraction of sp³-hybridized carbons (Fsp3) is 0.465. The van der Waals surface area contributed by atoms with E-state index in [0.717, 1.165) is 6.42 Å². The minimum absolute atomic E-state index is 0.0213. The molecule has 0 amide bonds. The number of fused-ring (bicyclic) bond motifs is 10. The predicted octanol–water partition coefficient (Wildman–Crippen LogP) is 18.4. The third-order valence-corrected chi connectivity index (χ3v) is 22.1. The summed E-state index contributed by atoms with van der Waals surface area (Å²) in [5.41, 5.74) is 27.6. The van der Waals surface area contributed by atoms with E-state index in [0.29, 0.717) is 0 Å². The second-order valence-electron chi connectivity index (χ2n) is 30.1. The molecule has 75 heavy (non-hydrogen) atoms. The molecule has 7 aliphatic rings. The van der Waals surface area contributed by atoms with Gasteiger partial charge in [-0.25, -0.2) is 0 Å². The first kappa shape index (κ1) is 49.5. The van der Waals surface area contributed by atoms with E-state index in [4.69, 9.17) is 0 Å². The van der Waals surface area contributed by atoms with Crippen LogP contribution in [0.25, 0.3) is 21.2 Å². The first-order valence-electron chi connectivity index (χ1n) is 29.0. The molecule has 4 heteroatoms. The van der Waals surface area contributed by atoms with Crippen LogP contribution in [0.15, 0.2) is 97.1 Å². The minimum atomic E-state index is -0.0335. The predicted molar refractivity (Wildman–Crippen MR) is 327 cm³/mol. The summed E-state index contributed by atoms with van der Waals surface area (Å²) >= 11 is 2.10. The van der Waals surface area contributed by atoms with Crippen molar-refractivity contribution < 1.29 is 0 Å². The van der Waals surface area contributed by atoms with Crippen LogP contribution in [0.2, 0.25) is 0 Å². The zero-order chi connectivity index (χ0) is 53.1. The van der Waals surface area contributed by atoms with E-state index >= 15 is 0 Å². The molecule has 0 radical (unpaired) electrons. The molecular weight excluding hydrogens is 924 g/mol. The van der Waals surface area contributed by atoms with Gasteiger partial charge < -0.3 is 9.80 Å². The molecule has 1 saturated carbocycles. The van der Waals surface area contributed by atoms with Gasteiger partial charge in [0.1, 0.15) is 0 Å². The summed E-state index contributed by atoms with van der Waals surface area (Å²) in [4.78, 5) is 5.54. The molecular formula is C71H83BN2S. The fourth-order valence-corrected chi connectivity index (χ4v) is 17.0. The van der Waals surface area contributed by atoms with Gasteiger partial charge in [0.2, 0.25) is 0 Å². The van der Waals surface area contributed by atoms with Crippen molar-refractivity contribution in [2.75, 3.05) is 9.80 Å². The minimum Gasteiger partial charge on any atom is -0.311 e. The lowest BCUT2D eigenvalue weighted by Crippen LogP contribution is -2.60. The van der Waals surface area contributed by atoms with Gasteiger partial charge in [0.15, 0.2) is 0 Å². The second-order valence-corrected chi connectivity index (χ2v) is 31.2. The maximum Gasteiger partial charge on any atom is 0.264 e. The van der Waals surface area contributed by atoms with Crippen LogP contribution in [-0.2, 0) is 43.3 Å². The third kappa shape index (κ3) is 7.15. The lowest BCUT2D eigenvalue weighted by molar-refractivity contribution is 0.188. The van der Waals surface area contributed by atoms with E-state index in [1.54, 1.807) is 11.1 Å². The maximum absolute atomic E-state index is 2.79. The zero-order valence-corrected chi connectivity index (χ0v) is 49.6. The molecule has 6 aromatic carbocycles. The Balaban J connectivity index is 1.15. The fourth-order valence-electron chi connectivity index (χ4n) is 15.6. The summed E-state index contributed by atoms with van der Waals surface area (Å²) in [6.07, 6.45) is 9.85. The monoisotopic (exact) mass is 1010 g/mol. The van der Waals surface area contributed by atoms with E-state index < -0.39 is 0 Å². The van der Waals surface area contributed by atoms with E-state index in [1.165, 1.54) is 155 Å². The number of thiophene rings is 1. The third-order valence-electron chi connectivity index (χ3n) is 20.9. The van der Waals surface area contributed by atoms with Crippen molar-refractivity contribution in [2.24, 2.45) is 0 Å². The van der Waals surface area contributed by atoms with Crippen LogP contribution in [-0.4, -0.2) is 6.71 Å². The highest BCUT2D eigenvalue weighted by molar-refractivity contribution is 7.33. The molecule has 0 atom stereocenters. The van der Waals surface area contributed by atoms with Gasteiger partial charge in [0.05, 0.1) is 11.4 Å². The van der Waals surface area contributed by atoms with Crippen LogP contribution in [0, 0.1) is 6.92 Å². The van der Waals surface area contributed by atoms with Gasteiger partial charge in [-0.2, -0.15) is 0 Å². The average molecular weight is 1010 g/mol. The number of aryl methyl sites for hydroxylation is 1. The number of hydrogen-bond acceptors (Lipinski definition) is 3. The molecule has 7 aromatic rings. The van der Waals surface area contributed by atoms with Gasteiger partial charge in [-0.1, -0.05) is 159 Å². The molecule has 386 valence electrons. The average Bonchev–Trinajstić information content (AvgIpc) is 3.96. The Labute approximate surface area is 455 Å². The number of hydrogen-bond donors (Lipinski definition) is 0. The highest BCUT2D eigenvalue weighted by atomic mass is 32.1. The Morgan fingerprint density at radius 2 is 1.00 bits per heavy atom. The number of benzene rings is 6. The molecule has 3 heterocycles. The summed E-state index contributed by atoms with van der Waals surface area (Å²) < 4.78 is 2.94. The zero-order valence-electron chi connectivity index (χ0n) is 48.8. The molecule has 1 aromatic heterocycles. The molecule has 5 aliphatic carbocycles. The molecule has 14 rings (SSSR count). The Morgan fingerprint density at radius 1 is 0.467 bits per heavy atom. The molecule has 0 saturated heterocycles. The summed E-state index contributed by atoms with van der Waals surface area (Å²) in [5.74, 6) is 0. The standard InChI is InChI=1S/C71H83BN2S/c1-42-36-56-61-57(37-42)74(55-27-25-49-60(69(14,15)31-30-67(49,10)11)59(55)43-18-20-44(21-19-43)64(2,3)4)54-26-22-45(65(5,6)7)38-53(54)72(61)63-62(73(56)46-23-24-48-50(39-46)68(12,13)29-28-66(48,8)9)47-40-51-52(41-58(47)75-63)71(17)34-32-70(51,16)33-35-71/h18-27,36-41H,28-35H2,1-17H3. The van der Waals surface area contributed by atoms with Gasteiger partial charge >= 0.3 is 0 Å². The Kier molecular flexibility index (Phi) is 10.3. The number of anilines is 6. The first-order valence-corrected chi connectivity index (χ1v) is 29.8. The van der Waals surface area contributed by atoms with Crippen molar-refractivity contribution in [2.45, 2.75) is 212 Å². The van der Waals surface area contributed by atoms with Crippen LogP contribution in [0.1, 0.15) is 212 Å². The molecule has 0 unspecified atom stereocenters. The van der Waals surface area contributed by atoms with Crippen LogP contribution in [0.5, 0.6) is 0 Å². The lowest BCUT2D eigenvalue weighted by Gasteiger charge is -2.52. The molecule has 2 nitrogen and oxygen atoms in total. The smallest absolute Gasteiger partial charge is 0.264 e. The van der Waals surface area contributed by atoms with E-state index in [2.05, 4.69) is 236 Å². The quantitative estimate of drug-likeness (QED) is 0.163. The Morgan fingerprint density at radius 3 is 1.63 bits per heavy atom. The summed E-state index contributed by atoms with van der Waals surface area (Å²) in [6.45, 7) is 41.8. The molecule has 2 bridgehead atoms. The van der Waals surface area contributed by atoms with Crippen LogP contribution >= 0.6 is 11.3 Å². The molecule has 1 fully saturated rings. The number of rotatable bonds is 3. The van der Waals surface area contributed by atoms with Gasteiger partial charge in [-0.3, -0.25) is 0 Å². The largest absolute Gasteiger partial charge is 0.311 e. The Hall–Kier alpha value is -5.06. The van der Waals surface area contributed by atoms with E-state index in [1.807, 2.05) is 0 Å². The van der Waals surface area contributed by atoms with Crippen LogP contribution in [0.3, 0.4) is 0 Å². The van der Waals surface area contributed by atoms with Crippen molar-refractivity contribution in [3.63, 3.8) is 0 Å².